The van der Waals surface area contributed by atoms with Crippen molar-refractivity contribution in [3.8, 4) is 5.75 Å². The van der Waals surface area contributed by atoms with Crippen molar-refractivity contribution in [2.24, 2.45) is 5.92 Å². The molecular formula is C14H26N4O2. The van der Waals surface area contributed by atoms with Gasteiger partial charge in [-0.3, -0.25) is 0 Å². The highest BCUT2D eigenvalue weighted by Gasteiger charge is 2.23. The summed E-state index contributed by atoms with van der Waals surface area (Å²) in [5.41, 5.74) is -0.789. The number of anilines is 2. The molecule has 0 aliphatic heterocycles. The molecule has 6 heteroatoms. The molecule has 0 bridgehead atoms. The number of nitrogens with zero attached hydrogens (tertiary/aromatic N) is 2. The highest BCUT2D eigenvalue weighted by atomic mass is 16.5. The number of ether oxygens (including phenoxy) is 1. The third kappa shape index (κ3) is 4.85. The molecule has 1 aromatic heterocycles. The molecule has 1 atom stereocenters. The van der Waals surface area contributed by atoms with Crippen LogP contribution in [-0.4, -0.2) is 40.9 Å². The topological polar surface area (TPSA) is 79.3 Å². The Morgan fingerprint density at radius 1 is 1.30 bits per heavy atom. The van der Waals surface area contributed by atoms with Gasteiger partial charge in [0.2, 0.25) is 5.75 Å². The van der Waals surface area contributed by atoms with Crippen molar-refractivity contribution >= 4 is 11.6 Å². The van der Waals surface area contributed by atoms with E-state index in [0.717, 1.165) is 6.54 Å². The molecule has 0 saturated carbocycles. The van der Waals surface area contributed by atoms with Crippen molar-refractivity contribution in [3.05, 3.63) is 6.33 Å². The molecule has 0 aliphatic carbocycles. The van der Waals surface area contributed by atoms with Gasteiger partial charge in [-0.15, -0.1) is 0 Å². The van der Waals surface area contributed by atoms with Crippen LogP contribution in [0.3, 0.4) is 0 Å². The van der Waals surface area contributed by atoms with Gasteiger partial charge in [0.05, 0.1) is 12.7 Å². The van der Waals surface area contributed by atoms with Crippen LogP contribution in [0.5, 0.6) is 5.75 Å². The van der Waals surface area contributed by atoms with Gasteiger partial charge in [0.25, 0.3) is 0 Å². The van der Waals surface area contributed by atoms with Crippen LogP contribution in [0.15, 0.2) is 6.33 Å². The minimum atomic E-state index is -0.789. The lowest BCUT2D eigenvalue weighted by atomic mass is 9.94. The Hall–Kier alpha value is -1.56. The van der Waals surface area contributed by atoms with E-state index in [2.05, 4.69) is 34.4 Å². The van der Waals surface area contributed by atoms with Crippen LogP contribution in [0.1, 0.15) is 34.1 Å². The number of rotatable bonds is 8. The van der Waals surface area contributed by atoms with Crippen LogP contribution in [0.2, 0.25) is 0 Å². The Kier molecular flexibility index (Phi) is 6.01. The quantitative estimate of drug-likeness (QED) is 0.678. The maximum atomic E-state index is 10.3. The van der Waals surface area contributed by atoms with Crippen LogP contribution in [-0.2, 0) is 0 Å². The van der Waals surface area contributed by atoms with Crippen molar-refractivity contribution in [1.82, 2.24) is 9.97 Å². The first-order valence-corrected chi connectivity index (χ1v) is 6.98. The van der Waals surface area contributed by atoms with Gasteiger partial charge in [-0.1, -0.05) is 13.8 Å². The third-order valence-corrected chi connectivity index (χ3v) is 2.84. The Morgan fingerprint density at radius 3 is 2.40 bits per heavy atom. The van der Waals surface area contributed by atoms with E-state index >= 15 is 0 Å². The van der Waals surface area contributed by atoms with Crippen molar-refractivity contribution in [2.45, 2.75) is 39.7 Å². The van der Waals surface area contributed by atoms with Crippen LogP contribution >= 0.6 is 0 Å². The first kappa shape index (κ1) is 16.5. The average molecular weight is 282 g/mol. The molecule has 0 aliphatic rings. The van der Waals surface area contributed by atoms with E-state index in [1.807, 2.05) is 13.8 Å². The fourth-order valence-corrected chi connectivity index (χ4v) is 2.21. The predicted octanol–water partition coefficient (Wildman–Crippen LogP) is 2.13. The largest absolute Gasteiger partial charge is 0.490 e. The molecule has 1 rings (SSSR count). The second-order valence-corrected chi connectivity index (χ2v) is 5.58. The first-order valence-electron chi connectivity index (χ1n) is 6.98. The summed E-state index contributed by atoms with van der Waals surface area (Å²) in [5.74, 6) is 2.23. The van der Waals surface area contributed by atoms with Gasteiger partial charge in [-0.25, -0.2) is 9.97 Å². The lowest BCUT2D eigenvalue weighted by Gasteiger charge is -2.26. The molecule has 0 fully saturated rings. The van der Waals surface area contributed by atoms with Crippen molar-refractivity contribution in [3.63, 3.8) is 0 Å². The minimum absolute atomic E-state index is 0.407. The van der Waals surface area contributed by atoms with Gasteiger partial charge in [0.15, 0.2) is 11.6 Å². The molecule has 1 unspecified atom stereocenters. The van der Waals surface area contributed by atoms with Crippen LogP contribution in [0, 0.1) is 5.92 Å². The van der Waals surface area contributed by atoms with E-state index in [9.17, 15) is 5.11 Å². The van der Waals surface area contributed by atoms with Crippen molar-refractivity contribution < 1.29 is 9.84 Å². The van der Waals surface area contributed by atoms with E-state index in [-0.39, 0.29) is 0 Å². The molecular weight excluding hydrogens is 256 g/mol. The second-order valence-electron chi connectivity index (χ2n) is 5.58. The van der Waals surface area contributed by atoms with E-state index in [1.54, 1.807) is 7.11 Å². The summed E-state index contributed by atoms with van der Waals surface area (Å²) in [6.45, 7) is 9.13. The van der Waals surface area contributed by atoms with E-state index in [4.69, 9.17) is 4.74 Å². The minimum Gasteiger partial charge on any atom is -0.490 e. The van der Waals surface area contributed by atoms with Gasteiger partial charge in [0.1, 0.15) is 6.33 Å². The predicted molar refractivity (Wildman–Crippen MR) is 81.3 cm³/mol. The molecule has 1 heterocycles. The smallest absolute Gasteiger partial charge is 0.204 e. The molecule has 0 radical (unpaired) electrons. The van der Waals surface area contributed by atoms with Crippen LogP contribution in [0.4, 0.5) is 11.6 Å². The summed E-state index contributed by atoms with van der Waals surface area (Å²) < 4.78 is 5.34. The summed E-state index contributed by atoms with van der Waals surface area (Å²) in [5, 5.41) is 16.6. The molecule has 1 aromatic rings. The Labute approximate surface area is 121 Å². The number of aromatic nitrogens is 2. The van der Waals surface area contributed by atoms with Crippen molar-refractivity contribution in [2.75, 3.05) is 30.8 Å². The fraction of sp³-hybridized carbons (Fsp3) is 0.714. The summed E-state index contributed by atoms with van der Waals surface area (Å²) in [4.78, 5) is 8.32. The van der Waals surface area contributed by atoms with Gasteiger partial charge in [-0.05, 0) is 26.2 Å². The zero-order valence-electron chi connectivity index (χ0n) is 13.0. The molecule has 0 aromatic carbocycles. The summed E-state index contributed by atoms with van der Waals surface area (Å²) in [6, 6.07) is 0. The SMILES string of the molecule is CCNc1ncnc(NCC(C)(O)CC(C)C)c1OC. The van der Waals surface area contributed by atoms with E-state index in [1.165, 1.54) is 6.33 Å². The summed E-state index contributed by atoms with van der Waals surface area (Å²) in [7, 11) is 1.58. The lowest BCUT2D eigenvalue weighted by Crippen LogP contribution is -2.35. The summed E-state index contributed by atoms with van der Waals surface area (Å²) >= 11 is 0. The Balaban J connectivity index is 2.79. The molecule has 0 amide bonds. The normalized spacial score (nSPS) is 13.9. The molecule has 114 valence electrons. The fourth-order valence-electron chi connectivity index (χ4n) is 2.21. The van der Waals surface area contributed by atoms with Crippen LogP contribution in [0.25, 0.3) is 0 Å². The van der Waals surface area contributed by atoms with E-state index in [0.29, 0.717) is 36.3 Å². The number of hydrogen-bond donors (Lipinski definition) is 3. The third-order valence-electron chi connectivity index (χ3n) is 2.84. The monoisotopic (exact) mass is 282 g/mol. The number of aliphatic hydroxyl groups is 1. The maximum Gasteiger partial charge on any atom is 0.204 e. The molecule has 6 nitrogen and oxygen atoms in total. The highest BCUT2D eigenvalue weighted by molar-refractivity contribution is 5.63. The molecule has 20 heavy (non-hydrogen) atoms. The highest BCUT2D eigenvalue weighted by Crippen LogP contribution is 2.29. The van der Waals surface area contributed by atoms with E-state index < -0.39 is 5.60 Å². The molecule has 0 saturated heterocycles. The Morgan fingerprint density at radius 2 is 1.90 bits per heavy atom. The van der Waals surface area contributed by atoms with Crippen molar-refractivity contribution in [1.29, 1.82) is 0 Å². The lowest BCUT2D eigenvalue weighted by molar-refractivity contribution is 0.0514. The Bertz CT molecular complexity index is 422. The average Bonchev–Trinajstić information content (AvgIpc) is 2.35. The zero-order chi connectivity index (χ0) is 15.2. The number of hydrogen-bond acceptors (Lipinski definition) is 6. The van der Waals surface area contributed by atoms with Gasteiger partial charge in [-0.2, -0.15) is 0 Å². The standard InChI is InChI=1S/C14H26N4O2/c1-6-15-12-11(20-5)13(18-9-17-12)16-8-14(4,19)7-10(2)3/h9-10,19H,6-8H2,1-5H3,(H2,15,16,17,18). The zero-order valence-corrected chi connectivity index (χ0v) is 13.0. The second kappa shape index (κ2) is 7.28. The summed E-state index contributed by atoms with van der Waals surface area (Å²) in [6.07, 6.45) is 2.19. The molecule has 0 spiro atoms. The molecule has 3 N–H and O–H groups in total. The van der Waals surface area contributed by atoms with Gasteiger partial charge in [0, 0.05) is 13.1 Å². The van der Waals surface area contributed by atoms with Crippen LogP contribution < -0.4 is 15.4 Å². The van der Waals surface area contributed by atoms with Gasteiger partial charge < -0.3 is 20.5 Å². The van der Waals surface area contributed by atoms with Gasteiger partial charge >= 0.3 is 0 Å². The number of nitrogens with one attached hydrogen (secondary N) is 2. The maximum absolute atomic E-state index is 10.3. The first-order chi connectivity index (χ1) is 9.39. The number of methoxy groups -OCH3 is 1.